The van der Waals surface area contributed by atoms with Crippen LogP contribution < -0.4 is 5.32 Å². The smallest absolute Gasteiger partial charge is 0.410 e. The number of nitrogens with zero attached hydrogens (tertiary/aromatic N) is 1. The zero-order chi connectivity index (χ0) is 16.9. The Morgan fingerprint density at radius 3 is 2.70 bits per heavy atom. The van der Waals surface area contributed by atoms with E-state index in [0.29, 0.717) is 6.04 Å². The molecule has 0 aromatic carbocycles. The van der Waals surface area contributed by atoms with Crippen LogP contribution in [0.3, 0.4) is 0 Å². The number of amides is 1. The van der Waals surface area contributed by atoms with Gasteiger partial charge in [-0.15, -0.1) is 0 Å². The third kappa shape index (κ3) is 6.18. The van der Waals surface area contributed by atoms with Crippen LogP contribution in [0.4, 0.5) is 4.79 Å². The van der Waals surface area contributed by atoms with Gasteiger partial charge in [0.25, 0.3) is 0 Å². The number of likely N-dealkylation sites (tertiary alicyclic amines) is 1. The van der Waals surface area contributed by atoms with E-state index in [1.165, 1.54) is 32.1 Å². The van der Waals surface area contributed by atoms with E-state index < -0.39 is 5.60 Å². The molecule has 1 heterocycles. The highest BCUT2D eigenvalue weighted by molar-refractivity contribution is 7.99. The van der Waals surface area contributed by atoms with Gasteiger partial charge in [-0.3, -0.25) is 0 Å². The van der Waals surface area contributed by atoms with Crippen molar-refractivity contribution in [2.45, 2.75) is 88.7 Å². The molecule has 4 nitrogen and oxygen atoms in total. The first kappa shape index (κ1) is 18.9. The van der Waals surface area contributed by atoms with Gasteiger partial charge in [0.1, 0.15) is 5.60 Å². The fraction of sp³-hybridized carbons (Fsp3) is 0.944. The minimum Gasteiger partial charge on any atom is -0.444 e. The van der Waals surface area contributed by atoms with Crippen LogP contribution in [-0.4, -0.2) is 53.3 Å². The summed E-state index contributed by atoms with van der Waals surface area (Å²) in [4.78, 5) is 14.4. The van der Waals surface area contributed by atoms with Gasteiger partial charge >= 0.3 is 6.09 Å². The summed E-state index contributed by atoms with van der Waals surface area (Å²) in [5, 5.41) is 4.54. The maximum atomic E-state index is 12.4. The highest BCUT2D eigenvalue weighted by atomic mass is 32.2. The van der Waals surface area contributed by atoms with Crippen molar-refractivity contribution in [2.24, 2.45) is 0 Å². The highest BCUT2D eigenvalue weighted by Crippen LogP contribution is 2.27. The van der Waals surface area contributed by atoms with Crippen molar-refractivity contribution in [1.29, 1.82) is 0 Å². The molecule has 5 heteroatoms. The Morgan fingerprint density at radius 2 is 2.00 bits per heavy atom. The van der Waals surface area contributed by atoms with Crippen LogP contribution >= 0.6 is 11.8 Å². The van der Waals surface area contributed by atoms with E-state index >= 15 is 0 Å². The second kappa shape index (κ2) is 8.61. The van der Waals surface area contributed by atoms with Crippen molar-refractivity contribution >= 4 is 17.9 Å². The van der Waals surface area contributed by atoms with E-state index in [1.54, 1.807) is 0 Å². The Bertz CT molecular complexity index is 384. The van der Waals surface area contributed by atoms with Crippen molar-refractivity contribution in [3.05, 3.63) is 0 Å². The molecule has 1 amide bonds. The zero-order valence-electron chi connectivity index (χ0n) is 15.3. The molecule has 134 valence electrons. The minimum atomic E-state index is -0.415. The van der Waals surface area contributed by atoms with Gasteiger partial charge in [0.2, 0.25) is 0 Å². The summed E-state index contributed by atoms with van der Waals surface area (Å²) >= 11 is 2.00. The maximum absolute atomic E-state index is 12.4. The Kier molecular flexibility index (Phi) is 7.08. The molecule has 1 N–H and O–H groups in total. The lowest BCUT2D eigenvalue weighted by Crippen LogP contribution is -2.51. The number of carbonyl (C=O) groups excluding carboxylic acids is 1. The first-order chi connectivity index (χ1) is 10.9. The lowest BCUT2D eigenvalue weighted by Gasteiger charge is -2.38. The van der Waals surface area contributed by atoms with Gasteiger partial charge < -0.3 is 15.0 Å². The Morgan fingerprint density at radius 1 is 1.22 bits per heavy atom. The second-order valence-electron chi connectivity index (χ2n) is 7.95. The van der Waals surface area contributed by atoms with Crippen LogP contribution in [-0.2, 0) is 4.74 Å². The molecule has 2 aliphatic rings. The van der Waals surface area contributed by atoms with Gasteiger partial charge in [-0.25, -0.2) is 4.79 Å². The number of nitrogens with one attached hydrogen (secondary N) is 1. The SMILES string of the molecule is CSC1CCCC(NCC2CCCCN2C(=O)OC(C)(C)C)C1. The van der Waals surface area contributed by atoms with Gasteiger partial charge in [0.15, 0.2) is 0 Å². The van der Waals surface area contributed by atoms with Crippen molar-refractivity contribution in [3.63, 3.8) is 0 Å². The average Bonchev–Trinajstić information content (AvgIpc) is 2.52. The van der Waals surface area contributed by atoms with E-state index in [0.717, 1.165) is 31.2 Å². The zero-order valence-corrected chi connectivity index (χ0v) is 16.1. The number of hydrogen-bond donors (Lipinski definition) is 1. The van der Waals surface area contributed by atoms with E-state index in [4.69, 9.17) is 4.74 Å². The molecule has 0 aromatic heterocycles. The summed E-state index contributed by atoms with van der Waals surface area (Å²) in [5.41, 5.74) is -0.415. The topological polar surface area (TPSA) is 41.6 Å². The number of ether oxygens (including phenoxy) is 1. The van der Waals surface area contributed by atoms with Gasteiger partial charge in [-0.05, 0) is 65.6 Å². The van der Waals surface area contributed by atoms with Crippen LogP contribution in [0.15, 0.2) is 0 Å². The lowest BCUT2D eigenvalue weighted by molar-refractivity contribution is 0.00953. The fourth-order valence-corrected chi connectivity index (χ4v) is 4.45. The average molecular weight is 343 g/mol. The van der Waals surface area contributed by atoms with Crippen molar-refractivity contribution in [1.82, 2.24) is 10.2 Å². The second-order valence-corrected chi connectivity index (χ2v) is 9.09. The van der Waals surface area contributed by atoms with Crippen LogP contribution in [0.2, 0.25) is 0 Å². The predicted molar refractivity (Wildman–Crippen MR) is 98.1 cm³/mol. The Hall–Kier alpha value is -0.420. The van der Waals surface area contributed by atoms with Gasteiger partial charge in [0, 0.05) is 30.4 Å². The number of hydrogen-bond acceptors (Lipinski definition) is 4. The summed E-state index contributed by atoms with van der Waals surface area (Å²) < 4.78 is 5.59. The molecule has 1 aliphatic carbocycles. The maximum Gasteiger partial charge on any atom is 0.410 e. The van der Waals surface area contributed by atoms with Crippen LogP contribution in [0.1, 0.15) is 65.7 Å². The van der Waals surface area contributed by atoms with Crippen molar-refractivity contribution in [3.8, 4) is 0 Å². The third-order valence-corrected chi connectivity index (χ3v) is 5.95. The molecule has 3 unspecified atom stereocenters. The first-order valence-electron chi connectivity index (χ1n) is 9.15. The third-order valence-electron chi connectivity index (χ3n) is 4.86. The fourth-order valence-electron chi connectivity index (χ4n) is 3.62. The molecule has 0 bridgehead atoms. The molecule has 1 saturated carbocycles. The number of thioether (sulfide) groups is 1. The Labute approximate surface area is 146 Å². The summed E-state index contributed by atoms with van der Waals surface area (Å²) in [6.07, 6.45) is 10.7. The molecule has 0 radical (unpaired) electrons. The monoisotopic (exact) mass is 342 g/mol. The summed E-state index contributed by atoms with van der Waals surface area (Å²) in [6, 6.07) is 0.900. The number of rotatable bonds is 4. The van der Waals surface area contributed by atoms with Gasteiger partial charge in [-0.2, -0.15) is 11.8 Å². The van der Waals surface area contributed by atoms with Gasteiger partial charge in [-0.1, -0.05) is 6.42 Å². The molecule has 2 rings (SSSR count). The molecule has 0 spiro atoms. The normalized spacial score (nSPS) is 29.4. The van der Waals surface area contributed by atoms with Crippen molar-refractivity contribution in [2.75, 3.05) is 19.3 Å². The molecule has 0 aromatic rings. The molecular weight excluding hydrogens is 308 g/mol. The van der Waals surface area contributed by atoms with Crippen LogP contribution in [0, 0.1) is 0 Å². The minimum absolute atomic E-state index is 0.144. The van der Waals surface area contributed by atoms with E-state index in [1.807, 2.05) is 37.4 Å². The summed E-state index contributed by atoms with van der Waals surface area (Å²) in [5.74, 6) is 0. The number of carbonyl (C=O) groups is 1. The lowest BCUT2D eigenvalue weighted by atomic mass is 9.94. The first-order valence-corrected chi connectivity index (χ1v) is 10.4. The molecule has 1 aliphatic heterocycles. The van der Waals surface area contributed by atoms with E-state index in [-0.39, 0.29) is 12.1 Å². The van der Waals surface area contributed by atoms with Crippen LogP contribution in [0.25, 0.3) is 0 Å². The van der Waals surface area contributed by atoms with E-state index in [9.17, 15) is 4.79 Å². The van der Waals surface area contributed by atoms with Crippen LogP contribution in [0.5, 0.6) is 0 Å². The number of piperidine rings is 1. The predicted octanol–water partition coefficient (Wildman–Crippen LogP) is 4.04. The molecule has 23 heavy (non-hydrogen) atoms. The molecular formula is C18H34N2O2S. The summed E-state index contributed by atoms with van der Waals surface area (Å²) in [6.45, 7) is 7.55. The molecule has 1 saturated heterocycles. The standard InChI is InChI=1S/C18H34N2O2S/c1-18(2,3)22-17(21)20-11-6-5-9-15(20)13-19-14-8-7-10-16(12-14)23-4/h14-16,19H,5-13H2,1-4H3. The quantitative estimate of drug-likeness (QED) is 0.837. The van der Waals surface area contributed by atoms with Gasteiger partial charge in [0.05, 0.1) is 0 Å². The van der Waals surface area contributed by atoms with Crippen molar-refractivity contribution < 1.29 is 9.53 Å². The summed E-state index contributed by atoms with van der Waals surface area (Å²) in [7, 11) is 0. The van der Waals surface area contributed by atoms with E-state index in [2.05, 4.69) is 11.6 Å². The largest absolute Gasteiger partial charge is 0.444 e. The molecule has 2 fully saturated rings. The molecule has 3 atom stereocenters. The Balaban J connectivity index is 1.85. The highest BCUT2D eigenvalue weighted by Gasteiger charge is 2.31.